The third kappa shape index (κ3) is 5.37. The van der Waals surface area contributed by atoms with Gasteiger partial charge in [-0.1, -0.05) is 6.07 Å². The monoisotopic (exact) mass is 335 g/mol. The quantitative estimate of drug-likeness (QED) is 0.592. The van der Waals surface area contributed by atoms with Gasteiger partial charge < -0.3 is 14.5 Å². The van der Waals surface area contributed by atoms with Crippen LogP contribution in [-0.2, 0) is 14.3 Å². The van der Waals surface area contributed by atoms with Crippen LogP contribution >= 0.6 is 11.3 Å². The van der Waals surface area contributed by atoms with E-state index in [4.69, 9.17) is 9.15 Å². The molecule has 0 unspecified atom stereocenters. The minimum absolute atomic E-state index is 0.0439. The largest absolute Gasteiger partial charge is 0.467 e. The predicted molar refractivity (Wildman–Crippen MR) is 84.1 cm³/mol. The molecule has 2 aromatic rings. The smallest absolute Gasteiger partial charge is 0.306 e. The summed E-state index contributed by atoms with van der Waals surface area (Å²) in [6.45, 7) is 1.38. The molecule has 2 heterocycles. The zero-order valence-corrected chi connectivity index (χ0v) is 13.4. The van der Waals surface area contributed by atoms with Crippen molar-refractivity contribution in [1.29, 1.82) is 0 Å². The molecule has 1 amide bonds. The van der Waals surface area contributed by atoms with E-state index in [2.05, 4.69) is 5.32 Å². The first-order valence-corrected chi connectivity index (χ1v) is 7.99. The molecule has 6 nitrogen and oxygen atoms in total. The number of esters is 1. The maximum atomic E-state index is 11.7. The number of hydrogen-bond donors (Lipinski definition) is 1. The van der Waals surface area contributed by atoms with Crippen LogP contribution in [0.15, 0.2) is 40.3 Å². The maximum Gasteiger partial charge on any atom is 0.306 e. The Labute approximate surface area is 137 Å². The van der Waals surface area contributed by atoms with Crippen LogP contribution in [0.2, 0.25) is 0 Å². The van der Waals surface area contributed by atoms with Gasteiger partial charge in [0.15, 0.2) is 12.4 Å². The molecule has 0 aliphatic rings. The number of thiophene rings is 1. The molecule has 1 atom stereocenters. The molecule has 23 heavy (non-hydrogen) atoms. The highest BCUT2D eigenvalue weighted by atomic mass is 32.1. The first-order valence-electron chi connectivity index (χ1n) is 7.11. The van der Waals surface area contributed by atoms with Crippen molar-refractivity contribution >= 4 is 29.0 Å². The van der Waals surface area contributed by atoms with Crippen molar-refractivity contribution in [3.8, 4) is 0 Å². The minimum Gasteiger partial charge on any atom is -0.467 e. The third-order valence-corrected chi connectivity index (χ3v) is 3.97. The average Bonchev–Trinajstić information content (AvgIpc) is 3.23. The van der Waals surface area contributed by atoms with Crippen molar-refractivity contribution in [2.45, 2.75) is 25.8 Å². The summed E-state index contributed by atoms with van der Waals surface area (Å²) in [5.41, 5.74) is 0. The molecule has 0 aromatic carbocycles. The van der Waals surface area contributed by atoms with Crippen molar-refractivity contribution in [2.24, 2.45) is 0 Å². The number of Topliss-reactive ketones (excluding diaryl/α,β-unsaturated/α-hetero) is 1. The molecular weight excluding hydrogens is 318 g/mol. The zero-order chi connectivity index (χ0) is 16.7. The standard InChI is InChI=1S/C16H17NO5S/c1-11(13-4-2-8-21-13)17-15(19)10-22-16(20)7-6-12(18)14-5-3-9-23-14/h2-5,8-9,11H,6-7,10H2,1H3,(H,17,19)/t11-/m1/s1. The molecule has 1 N–H and O–H groups in total. The lowest BCUT2D eigenvalue weighted by atomic mass is 10.2. The Hall–Kier alpha value is -2.41. The number of rotatable bonds is 8. The highest BCUT2D eigenvalue weighted by Crippen LogP contribution is 2.13. The molecular formula is C16H17NO5S. The van der Waals surface area contributed by atoms with E-state index in [1.54, 1.807) is 36.6 Å². The van der Waals surface area contributed by atoms with E-state index in [1.807, 2.05) is 0 Å². The van der Waals surface area contributed by atoms with E-state index in [1.165, 1.54) is 17.6 Å². The molecule has 7 heteroatoms. The van der Waals surface area contributed by atoms with E-state index in [0.717, 1.165) is 0 Å². The fourth-order valence-corrected chi connectivity index (χ4v) is 2.58. The molecule has 0 bridgehead atoms. The molecule has 2 aromatic heterocycles. The second-order valence-corrected chi connectivity index (χ2v) is 5.81. The first-order chi connectivity index (χ1) is 11.1. The van der Waals surface area contributed by atoms with Gasteiger partial charge in [-0.2, -0.15) is 0 Å². The third-order valence-electron chi connectivity index (χ3n) is 3.06. The Morgan fingerprint density at radius 3 is 2.74 bits per heavy atom. The molecule has 122 valence electrons. The highest BCUT2D eigenvalue weighted by Gasteiger charge is 2.15. The number of furan rings is 1. The van der Waals surface area contributed by atoms with Gasteiger partial charge in [-0.05, 0) is 30.5 Å². The molecule has 0 saturated heterocycles. The number of ether oxygens (including phenoxy) is 1. The lowest BCUT2D eigenvalue weighted by Gasteiger charge is -2.11. The molecule has 0 radical (unpaired) electrons. The minimum atomic E-state index is -0.573. The van der Waals surface area contributed by atoms with Crippen LogP contribution < -0.4 is 5.32 Å². The van der Waals surface area contributed by atoms with Gasteiger partial charge in [-0.25, -0.2) is 0 Å². The van der Waals surface area contributed by atoms with Crippen molar-refractivity contribution in [3.63, 3.8) is 0 Å². The van der Waals surface area contributed by atoms with E-state index in [9.17, 15) is 14.4 Å². The topological polar surface area (TPSA) is 85.6 Å². The van der Waals surface area contributed by atoms with Crippen LogP contribution in [0.1, 0.15) is 41.2 Å². The van der Waals surface area contributed by atoms with E-state index >= 15 is 0 Å². The lowest BCUT2D eigenvalue weighted by Crippen LogP contribution is -2.31. The van der Waals surface area contributed by atoms with Crippen LogP contribution in [0, 0.1) is 0 Å². The van der Waals surface area contributed by atoms with Crippen molar-refractivity contribution in [3.05, 3.63) is 46.5 Å². The lowest BCUT2D eigenvalue weighted by molar-refractivity contribution is -0.148. The molecule has 0 spiro atoms. The fourth-order valence-electron chi connectivity index (χ4n) is 1.89. The zero-order valence-electron chi connectivity index (χ0n) is 12.6. The second kappa shape index (κ2) is 8.28. The van der Waals surface area contributed by atoms with E-state index < -0.39 is 11.9 Å². The fraction of sp³-hybridized carbons (Fsp3) is 0.312. The molecule has 0 fully saturated rings. The van der Waals surface area contributed by atoms with Gasteiger partial charge >= 0.3 is 5.97 Å². The first kappa shape index (κ1) is 17.0. The Bertz CT molecular complexity index is 648. The Kier molecular flexibility index (Phi) is 6.10. The van der Waals surface area contributed by atoms with Gasteiger partial charge in [-0.3, -0.25) is 14.4 Å². The molecule has 2 rings (SSSR count). The summed E-state index contributed by atoms with van der Waals surface area (Å²) in [7, 11) is 0. The highest BCUT2D eigenvalue weighted by molar-refractivity contribution is 7.12. The molecule has 0 saturated carbocycles. The van der Waals surface area contributed by atoms with Crippen LogP contribution in [-0.4, -0.2) is 24.3 Å². The molecule has 0 aliphatic heterocycles. The SMILES string of the molecule is C[C@@H](NC(=O)COC(=O)CCC(=O)c1cccs1)c1ccco1. The Morgan fingerprint density at radius 2 is 2.09 bits per heavy atom. The Balaban J connectivity index is 1.65. The summed E-state index contributed by atoms with van der Waals surface area (Å²) in [6, 6.07) is 6.65. The van der Waals surface area contributed by atoms with Gasteiger partial charge in [0.05, 0.1) is 23.6 Å². The van der Waals surface area contributed by atoms with Gasteiger partial charge in [0.25, 0.3) is 5.91 Å². The number of nitrogens with one attached hydrogen (secondary N) is 1. The van der Waals surface area contributed by atoms with Crippen LogP contribution in [0.4, 0.5) is 0 Å². The number of carbonyl (C=O) groups is 3. The van der Waals surface area contributed by atoms with Crippen LogP contribution in [0.3, 0.4) is 0 Å². The van der Waals surface area contributed by atoms with E-state index in [-0.39, 0.29) is 31.3 Å². The maximum absolute atomic E-state index is 11.7. The van der Waals surface area contributed by atoms with Gasteiger partial charge in [0.2, 0.25) is 0 Å². The second-order valence-electron chi connectivity index (χ2n) is 4.87. The summed E-state index contributed by atoms with van der Waals surface area (Å²) in [5, 5.41) is 4.45. The molecule has 0 aliphatic carbocycles. The van der Waals surface area contributed by atoms with Crippen LogP contribution in [0.5, 0.6) is 0 Å². The summed E-state index contributed by atoms with van der Waals surface area (Å²) in [4.78, 5) is 35.6. The summed E-state index contributed by atoms with van der Waals surface area (Å²) in [5.74, 6) is -0.485. The van der Waals surface area contributed by atoms with E-state index in [0.29, 0.717) is 10.6 Å². The number of hydrogen-bond acceptors (Lipinski definition) is 6. The average molecular weight is 335 g/mol. The summed E-state index contributed by atoms with van der Waals surface area (Å²) < 4.78 is 10.0. The number of amides is 1. The predicted octanol–water partition coefficient (Wildman–Crippen LogP) is 2.72. The van der Waals surface area contributed by atoms with Crippen LogP contribution in [0.25, 0.3) is 0 Å². The number of carbonyl (C=O) groups excluding carboxylic acids is 3. The van der Waals surface area contributed by atoms with Gasteiger partial charge in [0, 0.05) is 6.42 Å². The summed E-state index contributed by atoms with van der Waals surface area (Å²) >= 11 is 1.33. The van der Waals surface area contributed by atoms with Crippen molar-refractivity contribution in [1.82, 2.24) is 5.32 Å². The van der Waals surface area contributed by atoms with Crippen molar-refractivity contribution < 1.29 is 23.5 Å². The van der Waals surface area contributed by atoms with Crippen molar-refractivity contribution in [2.75, 3.05) is 6.61 Å². The van der Waals surface area contributed by atoms with Gasteiger partial charge in [0.1, 0.15) is 5.76 Å². The number of ketones is 1. The summed E-state index contributed by atoms with van der Waals surface area (Å²) in [6.07, 6.45) is 1.55. The Morgan fingerprint density at radius 1 is 1.26 bits per heavy atom. The normalized spacial score (nSPS) is 11.7. The van der Waals surface area contributed by atoms with Gasteiger partial charge in [-0.15, -0.1) is 11.3 Å².